The fourth-order valence-electron chi connectivity index (χ4n) is 2.16. The lowest BCUT2D eigenvalue weighted by atomic mass is 10.0. The molecule has 19 heavy (non-hydrogen) atoms. The van der Waals surface area contributed by atoms with E-state index in [1.165, 1.54) is 0 Å². The largest absolute Gasteiger partial charge is 0.417 e. The van der Waals surface area contributed by atoms with Crippen LogP contribution in [0.15, 0.2) is 12.3 Å². The lowest BCUT2D eigenvalue weighted by molar-refractivity contribution is -0.137. The first-order valence-corrected chi connectivity index (χ1v) is 6.46. The summed E-state index contributed by atoms with van der Waals surface area (Å²) in [4.78, 5) is 3.78. The number of nitrogens with one attached hydrogen (secondary N) is 2. The van der Waals surface area contributed by atoms with Gasteiger partial charge in [0, 0.05) is 18.3 Å². The van der Waals surface area contributed by atoms with Crippen LogP contribution in [0.25, 0.3) is 0 Å². The molecule has 0 amide bonds. The SMILES string of the molecule is CC1CC(Nc2ncc(C(F)(F)F)cc2Cl)CCN1. The van der Waals surface area contributed by atoms with Crippen molar-refractivity contribution >= 4 is 17.4 Å². The van der Waals surface area contributed by atoms with Gasteiger partial charge in [0.2, 0.25) is 0 Å². The molecule has 1 aliphatic rings. The lowest BCUT2D eigenvalue weighted by Crippen LogP contribution is -2.41. The van der Waals surface area contributed by atoms with Crippen molar-refractivity contribution in [1.29, 1.82) is 0 Å². The van der Waals surface area contributed by atoms with Crippen LogP contribution in [-0.2, 0) is 6.18 Å². The summed E-state index contributed by atoms with van der Waals surface area (Å²) >= 11 is 5.85. The van der Waals surface area contributed by atoms with E-state index < -0.39 is 11.7 Å². The van der Waals surface area contributed by atoms with Crippen LogP contribution in [0.4, 0.5) is 19.0 Å². The van der Waals surface area contributed by atoms with E-state index in [9.17, 15) is 13.2 Å². The van der Waals surface area contributed by atoms with Gasteiger partial charge in [-0.15, -0.1) is 0 Å². The Bertz CT molecular complexity index is 450. The van der Waals surface area contributed by atoms with Gasteiger partial charge in [-0.1, -0.05) is 11.6 Å². The second-order valence-corrected chi connectivity index (χ2v) is 5.18. The summed E-state index contributed by atoms with van der Waals surface area (Å²) < 4.78 is 37.4. The summed E-state index contributed by atoms with van der Waals surface area (Å²) in [6.07, 6.45) is -1.83. The molecule has 0 aromatic carbocycles. The summed E-state index contributed by atoms with van der Waals surface area (Å²) in [5.41, 5.74) is -0.832. The first-order valence-electron chi connectivity index (χ1n) is 6.09. The predicted octanol–water partition coefficient (Wildman–Crippen LogP) is 3.31. The first-order chi connectivity index (χ1) is 8.86. The van der Waals surface area contributed by atoms with E-state index in [1.54, 1.807) is 0 Å². The standard InChI is InChI=1S/C12H15ClF3N3/c1-7-4-9(2-3-17-7)19-11-10(13)5-8(6-18-11)12(14,15)16/h5-7,9,17H,2-4H2,1H3,(H,18,19). The molecular formula is C12H15ClF3N3. The maximum Gasteiger partial charge on any atom is 0.417 e. The monoisotopic (exact) mass is 293 g/mol. The van der Waals surface area contributed by atoms with Crippen LogP contribution >= 0.6 is 11.6 Å². The van der Waals surface area contributed by atoms with Crippen LogP contribution in [0.5, 0.6) is 0 Å². The summed E-state index contributed by atoms with van der Waals surface area (Å²) in [5.74, 6) is 0.314. The minimum Gasteiger partial charge on any atom is -0.366 e. The molecule has 1 saturated heterocycles. The molecule has 1 fully saturated rings. The number of pyridine rings is 1. The Balaban J connectivity index is 2.09. The highest BCUT2D eigenvalue weighted by Gasteiger charge is 2.31. The van der Waals surface area contributed by atoms with Gasteiger partial charge < -0.3 is 10.6 Å². The highest BCUT2D eigenvalue weighted by Crippen LogP contribution is 2.32. The minimum atomic E-state index is -4.42. The van der Waals surface area contributed by atoms with Crippen LogP contribution in [0.2, 0.25) is 5.02 Å². The maximum atomic E-state index is 12.5. The molecule has 1 aromatic rings. The van der Waals surface area contributed by atoms with Crippen LogP contribution in [0.1, 0.15) is 25.3 Å². The molecular weight excluding hydrogens is 279 g/mol. The molecule has 0 radical (unpaired) electrons. The predicted molar refractivity (Wildman–Crippen MR) is 68.4 cm³/mol. The Hall–Kier alpha value is -1.01. The molecule has 2 N–H and O–H groups in total. The molecule has 2 unspecified atom stereocenters. The zero-order valence-corrected chi connectivity index (χ0v) is 11.1. The number of nitrogens with zero attached hydrogens (tertiary/aromatic N) is 1. The first kappa shape index (κ1) is 14.4. The summed E-state index contributed by atoms with van der Waals surface area (Å²) in [5, 5.41) is 6.41. The zero-order chi connectivity index (χ0) is 14.0. The number of anilines is 1. The van der Waals surface area contributed by atoms with Gasteiger partial charge in [-0.05, 0) is 32.4 Å². The number of hydrogen-bond acceptors (Lipinski definition) is 3. The van der Waals surface area contributed by atoms with Gasteiger partial charge in [0.05, 0.1) is 10.6 Å². The third-order valence-electron chi connectivity index (χ3n) is 3.13. The number of hydrogen-bond donors (Lipinski definition) is 2. The minimum absolute atomic E-state index is 0.000936. The van der Waals surface area contributed by atoms with Crippen LogP contribution in [0.3, 0.4) is 0 Å². The molecule has 1 aliphatic heterocycles. The number of aromatic nitrogens is 1. The Morgan fingerprint density at radius 1 is 1.47 bits per heavy atom. The van der Waals surface area contributed by atoms with Crippen LogP contribution < -0.4 is 10.6 Å². The van der Waals surface area contributed by atoms with Crippen LogP contribution in [0, 0.1) is 0 Å². The van der Waals surface area contributed by atoms with Gasteiger partial charge in [0.15, 0.2) is 0 Å². The van der Waals surface area contributed by atoms with Gasteiger partial charge in [-0.3, -0.25) is 0 Å². The Labute approximate surface area is 114 Å². The Morgan fingerprint density at radius 2 is 2.21 bits per heavy atom. The van der Waals surface area contributed by atoms with Crippen molar-refractivity contribution in [3.05, 3.63) is 22.8 Å². The Morgan fingerprint density at radius 3 is 2.79 bits per heavy atom. The summed E-state index contributed by atoms with van der Waals surface area (Å²) in [7, 11) is 0. The average molecular weight is 294 g/mol. The lowest BCUT2D eigenvalue weighted by Gasteiger charge is -2.29. The van der Waals surface area contributed by atoms with E-state index in [-0.39, 0.29) is 11.1 Å². The molecule has 0 aliphatic carbocycles. The molecule has 1 aromatic heterocycles. The van der Waals surface area contributed by atoms with Gasteiger partial charge in [-0.2, -0.15) is 13.2 Å². The van der Waals surface area contributed by atoms with E-state index >= 15 is 0 Å². The highest BCUT2D eigenvalue weighted by molar-refractivity contribution is 6.33. The number of piperidine rings is 1. The quantitative estimate of drug-likeness (QED) is 0.878. The van der Waals surface area contributed by atoms with Crippen molar-refractivity contribution in [2.24, 2.45) is 0 Å². The normalized spacial score (nSPS) is 24.3. The second-order valence-electron chi connectivity index (χ2n) is 4.77. The fraction of sp³-hybridized carbons (Fsp3) is 0.583. The van der Waals surface area contributed by atoms with Crippen molar-refractivity contribution in [2.75, 3.05) is 11.9 Å². The van der Waals surface area contributed by atoms with E-state index in [2.05, 4.69) is 22.5 Å². The second kappa shape index (κ2) is 5.54. The number of rotatable bonds is 2. The average Bonchev–Trinajstić information content (AvgIpc) is 2.30. The maximum absolute atomic E-state index is 12.5. The third-order valence-corrected chi connectivity index (χ3v) is 3.42. The Kier molecular flexibility index (Phi) is 4.20. The van der Waals surface area contributed by atoms with Gasteiger partial charge in [-0.25, -0.2) is 4.98 Å². The van der Waals surface area contributed by atoms with Crippen molar-refractivity contribution in [3.8, 4) is 0 Å². The fourth-order valence-corrected chi connectivity index (χ4v) is 2.38. The third kappa shape index (κ3) is 3.73. The van der Waals surface area contributed by atoms with Crippen molar-refractivity contribution in [1.82, 2.24) is 10.3 Å². The van der Waals surface area contributed by atoms with Gasteiger partial charge in [0.25, 0.3) is 0 Å². The van der Waals surface area contributed by atoms with E-state index in [1.807, 2.05) is 0 Å². The molecule has 106 valence electrons. The molecule has 2 rings (SSSR count). The van der Waals surface area contributed by atoms with Gasteiger partial charge >= 0.3 is 6.18 Å². The topological polar surface area (TPSA) is 37.0 Å². The number of alkyl halides is 3. The summed E-state index contributed by atoms with van der Waals surface area (Å²) in [6, 6.07) is 1.46. The van der Waals surface area contributed by atoms with Crippen LogP contribution in [-0.4, -0.2) is 23.6 Å². The van der Waals surface area contributed by atoms with E-state index in [0.717, 1.165) is 31.6 Å². The number of halogens is 4. The van der Waals surface area contributed by atoms with Crippen molar-refractivity contribution < 1.29 is 13.2 Å². The smallest absolute Gasteiger partial charge is 0.366 e. The van der Waals surface area contributed by atoms with E-state index in [0.29, 0.717) is 11.9 Å². The zero-order valence-electron chi connectivity index (χ0n) is 10.4. The molecule has 2 heterocycles. The molecule has 7 heteroatoms. The van der Waals surface area contributed by atoms with Gasteiger partial charge in [0.1, 0.15) is 5.82 Å². The molecule has 2 atom stereocenters. The van der Waals surface area contributed by atoms with E-state index in [4.69, 9.17) is 11.6 Å². The van der Waals surface area contributed by atoms with Crippen molar-refractivity contribution in [2.45, 2.75) is 38.0 Å². The molecule has 3 nitrogen and oxygen atoms in total. The summed E-state index contributed by atoms with van der Waals surface area (Å²) in [6.45, 7) is 2.94. The van der Waals surface area contributed by atoms with Crippen molar-refractivity contribution in [3.63, 3.8) is 0 Å². The molecule has 0 saturated carbocycles. The molecule has 0 spiro atoms. The molecule has 0 bridgehead atoms. The highest BCUT2D eigenvalue weighted by atomic mass is 35.5.